The van der Waals surface area contributed by atoms with Gasteiger partial charge >= 0.3 is 0 Å². The van der Waals surface area contributed by atoms with Crippen LogP contribution in [-0.2, 0) is 19.4 Å². The van der Waals surface area contributed by atoms with Crippen molar-refractivity contribution in [1.29, 1.82) is 0 Å². The van der Waals surface area contributed by atoms with E-state index in [2.05, 4.69) is 15.4 Å². The standard InChI is InChI=1S/C19H18F2N4O2/c1-10-11(2)27-17(23-10)9-22-19(26)18-13-4-3-5-16(13)25(24-18)12-6-7-14(20)15(21)8-12/h6-8H,3-5,9H2,1-2H3,(H,22,26). The molecule has 1 aliphatic carbocycles. The van der Waals surface area contributed by atoms with E-state index in [0.717, 1.165) is 48.3 Å². The molecule has 0 aliphatic heterocycles. The minimum atomic E-state index is -0.949. The van der Waals surface area contributed by atoms with Crippen molar-refractivity contribution in [3.63, 3.8) is 0 Å². The zero-order chi connectivity index (χ0) is 19.1. The summed E-state index contributed by atoms with van der Waals surface area (Å²) in [5.74, 6) is -1.08. The molecule has 0 radical (unpaired) electrons. The molecular formula is C19H18F2N4O2. The first-order valence-corrected chi connectivity index (χ1v) is 8.71. The first-order valence-electron chi connectivity index (χ1n) is 8.71. The Balaban J connectivity index is 1.61. The summed E-state index contributed by atoms with van der Waals surface area (Å²) in [5.41, 5.74) is 3.17. The topological polar surface area (TPSA) is 73.0 Å². The van der Waals surface area contributed by atoms with Crippen molar-refractivity contribution in [2.75, 3.05) is 0 Å². The molecule has 2 aromatic heterocycles. The normalized spacial score (nSPS) is 13.0. The van der Waals surface area contributed by atoms with Gasteiger partial charge in [-0.3, -0.25) is 4.79 Å². The van der Waals surface area contributed by atoms with Gasteiger partial charge in [0.15, 0.2) is 17.3 Å². The first-order chi connectivity index (χ1) is 12.9. The summed E-state index contributed by atoms with van der Waals surface area (Å²) in [6.45, 7) is 3.80. The van der Waals surface area contributed by atoms with Crippen LogP contribution in [0.25, 0.3) is 5.69 Å². The lowest BCUT2D eigenvalue weighted by Crippen LogP contribution is -2.24. The van der Waals surface area contributed by atoms with Crippen LogP contribution in [0, 0.1) is 25.5 Å². The molecule has 140 valence electrons. The van der Waals surface area contributed by atoms with Gasteiger partial charge in [-0.2, -0.15) is 5.10 Å². The van der Waals surface area contributed by atoms with Gasteiger partial charge in [-0.25, -0.2) is 18.4 Å². The maximum absolute atomic E-state index is 13.6. The van der Waals surface area contributed by atoms with Gasteiger partial charge in [0.1, 0.15) is 5.76 Å². The third kappa shape index (κ3) is 3.11. The summed E-state index contributed by atoms with van der Waals surface area (Å²) >= 11 is 0. The summed E-state index contributed by atoms with van der Waals surface area (Å²) < 4.78 is 33.8. The summed E-state index contributed by atoms with van der Waals surface area (Å²) in [5, 5.41) is 7.14. The predicted octanol–water partition coefficient (Wildman–Crippen LogP) is 3.17. The predicted molar refractivity (Wildman–Crippen MR) is 92.7 cm³/mol. The van der Waals surface area contributed by atoms with Gasteiger partial charge < -0.3 is 9.73 Å². The van der Waals surface area contributed by atoms with E-state index in [9.17, 15) is 13.6 Å². The van der Waals surface area contributed by atoms with Gasteiger partial charge in [-0.1, -0.05) is 0 Å². The molecule has 0 spiro atoms. The van der Waals surface area contributed by atoms with Crippen molar-refractivity contribution in [2.24, 2.45) is 0 Å². The number of carbonyl (C=O) groups is 1. The van der Waals surface area contributed by atoms with Gasteiger partial charge in [-0.15, -0.1) is 0 Å². The number of benzene rings is 1. The van der Waals surface area contributed by atoms with Crippen molar-refractivity contribution < 1.29 is 18.0 Å². The highest BCUT2D eigenvalue weighted by Crippen LogP contribution is 2.28. The molecule has 8 heteroatoms. The van der Waals surface area contributed by atoms with E-state index in [-0.39, 0.29) is 12.5 Å². The minimum absolute atomic E-state index is 0.153. The molecule has 1 aromatic carbocycles. The van der Waals surface area contributed by atoms with Crippen LogP contribution in [0.5, 0.6) is 0 Å². The van der Waals surface area contributed by atoms with Crippen LogP contribution in [0.4, 0.5) is 8.78 Å². The van der Waals surface area contributed by atoms with E-state index in [1.807, 2.05) is 13.8 Å². The van der Waals surface area contributed by atoms with Crippen LogP contribution < -0.4 is 5.32 Å². The van der Waals surface area contributed by atoms with Gasteiger partial charge in [0.05, 0.1) is 17.9 Å². The van der Waals surface area contributed by atoms with Crippen molar-refractivity contribution in [3.8, 4) is 5.69 Å². The summed E-state index contributed by atoms with van der Waals surface area (Å²) in [6.07, 6.45) is 2.33. The molecule has 0 fully saturated rings. The van der Waals surface area contributed by atoms with Crippen LogP contribution >= 0.6 is 0 Å². The van der Waals surface area contributed by atoms with Crippen molar-refractivity contribution in [3.05, 3.63) is 64.1 Å². The Labute approximate surface area is 154 Å². The van der Waals surface area contributed by atoms with Crippen LogP contribution in [0.2, 0.25) is 0 Å². The smallest absolute Gasteiger partial charge is 0.272 e. The molecule has 1 N–H and O–H groups in total. The fourth-order valence-corrected chi connectivity index (χ4v) is 3.30. The number of amides is 1. The Kier molecular flexibility index (Phi) is 4.25. The number of fused-ring (bicyclic) bond motifs is 1. The van der Waals surface area contributed by atoms with Gasteiger partial charge in [0.2, 0.25) is 5.89 Å². The number of nitrogens with one attached hydrogen (secondary N) is 1. The number of hydrogen-bond donors (Lipinski definition) is 1. The molecule has 0 saturated carbocycles. The molecule has 6 nitrogen and oxygen atoms in total. The molecule has 0 bridgehead atoms. The van der Waals surface area contributed by atoms with E-state index in [0.29, 0.717) is 23.0 Å². The number of aryl methyl sites for hydroxylation is 2. The molecule has 0 saturated heterocycles. The third-order valence-corrected chi connectivity index (χ3v) is 4.77. The SMILES string of the molecule is Cc1nc(CNC(=O)c2nn(-c3ccc(F)c(F)c3)c3c2CCC3)oc1C. The Bertz CT molecular complexity index is 1020. The van der Waals surface area contributed by atoms with E-state index in [1.54, 1.807) is 0 Å². The number of oxazole rings is 1. The third-order valence-electron chi connectivity index (χ3n) is 4.77. The van der Waals surface area contributed by atoms with E-state index in [1.165, 1.54) is 10.7 Å². The summed E-state index contributed by atoms with van der Waals surface area (Å²) in [4.78, 5) is 16.9. The van der Waals surface area contributed by atoms with Gasteiger partial charge in [-0.05, 0) is 45.2 Å². The van der Waals surface area contributed by atoms with Crippen molar-refractivity contribution in [2.45, 2.75) is 39.7 Å². The fraction of sp³-hybridized carbons (Fsp3) is 0.316. The van der Waals surface area contributed by atoms with Gasteiger partial charge in [0.25, 0.3) is 5.91 Å². The summed E-state index contributed by atoms with van der Waals surface area (Å²) in [6, 6.07) is 3.59. The zero-order valence-corrected chi connectivity index (χ0v) is 15.0. The molecule has 2 heterocycles. The maximum Gasteiger partial charge on any atom is 0.272 e. The molecule has 27 heavy (non-hydrogen) atoms. The highest BCUT2D eigenvalue weighted by molar-refractivity contribution is 5.94. The molecule has 0 atom stereocenters. The number of rotatable bonds is 4. The molecule has 1 amide bonds. The van der Waals surface area contributed by atoms with Crippen molar-refractivity contribution in [1.82, 2.24) is 20.1 Å². The first kappa shape index (κ1) is 17.4. The molecule has 4 rings (SSSR count). The lowest BCUT2D eigenvalue weighted by atomic mass is 10.2. The quantitative estimate of drug-likeness (QED) is 0.763. The Morgan fingerprint density at radius 2 is 2.07 bits per heavy atom. The van der Waals surface area contributed by atoms with Crippen molar-refractivity contribution >= 4 is 5.91 Å². The second-order valence-electron chi connectivity index (χ2n) is 6.57. The van der Waals surface area contributed by atoms with Crippen LogP contribution in [0.1, 0.15) is 45.5 Å². The largest absolute Gasteiger partial charge is 0.444 e. The van der Waals surface area contributed by atoms with Crippen LogP contribution in [0.15, 0.2) is 22.6 Å². The molecule has 1 aliphatic rings. The van der Waals surface area contributed by atoms with Crippen LogP contribution in [0.3, 0.4) is 0 Å². The highest BCUT2D eigenvalue weighted by Gasteiger charge is 2.27. The fourth-order valence-electron chi connectivity index (χ4n) is 3.30. The number of aromatic nitrogens is 3. The van der Waals surface area contributed by atoms with Crippen LogP contribution in [-0.4, -0.2) is 20.7 Å². The molecule has 0 unspecified atom stereocenters. The number of hydrogen-bond acceptors (Lipinski definition) is 4. The maximum atomic E-state index is 13.6. The zero-order valence-electron chi connectivity index (χ0n) is 15.0. The Hall–Kier alpha value is -3.03. The molecular weight excluding hydrogens is 354 g/mol. The second-order valence-corrected chi connectivity index (χ2v) is 6.57. The number of halogens is 2. The van der Waals surface area contributed by atoms with E-state index < -0.39 is 11.6 Å². The van der Waals surface area contributed by atoms with E-state index >= 15 is 0 Å². The second kappa shape index (κ2) is 6.61. The lowest BCUT2D eigenvalue weighted by Gasteiger charge is -2.06. The van der Waals surface area contributed by atoms with Gasteiger partial charge in [0, 0.05) is 17.3 Å². The monoisotopic (exact) mass is 372 g/mol. The Morgan fingerprint density at radius 3 is 2.78 bits per heavy atom. The molecule has 3 aromatic rings. The Morgan fingerprint density at radius 1 is 1.26 bits per heavy atom. The lowest BCUT2D eigenvalue weighted by molar-refractivity contribution is 0.0940. The highest BCUT2D eigenvalue weighted by atomic mass is 19.2. The van der Waals surface area contributed by atoms with E-state index in [4.69, 9.17) is 4.42 Å². The number of nitrogens with zero attached hydrogens (tertiary/aromatic N) is 3. The number of carbonyl (C=O) groups excluding carboxylic acids is 1. The summed E-state index contributed by atoms with van der Waals surface area (Å²) in [7, 11) is 0. The average Bonchev–Trinajstić information content (AvgIpc) is 3.31. The minimum Gasteiger partial charge on any atom is -0.444 e. The average molecular weight is 372 g/mol.